The van der Waals surface area contributed by atoms with E-state index in [2.05, 4.69) is 40.0 Å². The van der Waals surface area contributed by atoms with Crippen LogP contribution in [0.25, 0.3) is 11.0 Å². The fraction of sp³-hybridized carbons (Fsp3) is 0.133. The van der Waals surface area contributed by atoms with Gasteiger partial charge >= 0.3 is 5.69 Å². The lowest BCUT2D eigenvalue weighted by Gasteiger charge is -2.05. The van der Waals surface area contributed by atoms with E-state index in [4.69, 9.17) is 0 Å². The molecule has 2 aromatic carbocycles. The molecule has 3 aromatic rings. The van der Waals surface area contributed by atoms with E-state index in [9.17, 15) is 4.79 Å². The van der Waals surface area contributed by atoms with Crippen LogP contribution in [0.2, 0.25) is 0 Å². The number of rotatable bonds is 2. The Kier molecular flexibility index (Phi) is 3.03. The molecule has 0 unspecified atom stereocenters. The maximum Gasteiger partial charge on any atom is 0.326 e. The van der Waals surface area contributed by atoms with Crippen molar-refractivity contribution in [2.24, 2.45) is 0 Å². The van der Waals surface area contributed by atoms with Crippen LogP contribution in [0.5, 0.6) is 0 Å². The van der Waals surface area contributed by atoms with Gasteiger partial charge in [-0.05, 0) is 30.7 Å². The maximum atomic E-state index is 12.0. The van der Waals surface area contributed by atoms with Crippen LogP contribution in [0.3, 0.4) is 0 Å². The monoisotopic (exact) mass is 316 g/mol. The zero-order chi connectivity index (χ0) is 13.4. The molecule has 0 aliphatic heterocycles. The van der Waals surface area contributed by atoms with Gasteiger partial charge in [0, 0.05) is 4.47 Å². The zero-order valence-corrected chi connectivity index (χ0v) is 12.1. The first kappa shape index (κ1) is 12.2. The number of fused-ring (bicyclic) bond motifs is 1. The summed E-state index contributed by atoms with van der Waals surface area (Å²) in [5.41, 5.74) is 4.03. The molecule has 96 valence electrons. The number of nitrogens with one attached hydrogen (secondary N) is 1. The lowest BCUT2D eigenvalue weighted by atomic mass is 10.1. The average molecular weight is 317 g/mol. The normalized spacial score (nSPS) is 11.1. The summed E-state index contributed by atoms with van der Waals surface area (Å²) in [5, 5.41) is 0. The van der Waals surface area contributed by atoms with E-state index >= 15 is 0 Å². The SMILES string of the molecule is Cc1cccc(Cn2c(=O)[nH]c3ccc(Br)cc32)c1. The topological polar surface area (TPSA) is 37.8 Å². The second-order valence-electron chi connectivity index (χ2n) is 4.67. The molecule has 0 radical (unpaired) electrons. The van der Waals surface area contributed by atoms with E-state index in [-0.39, 0.29) is 5.69 Å². The van der Waals surface area contributed by atoms with Crippen molar-refractivity contribution in [3.05, 3.63) is 68.5 Å². The minimum absolute atomic E-state index is 0.0744. The molecule has 0 spiro atoms. The van der Waals surface area contributed by atoms with Crippen molar-refractivity contribution in [1.29, 1.82) is 0 Å². The summed E-state index contributed by atoms with van der Waals surface area (Å²) < 4.78 is 2.73. The third kappa shape index (κ3) is 2.36. The van der Waals surface area contributed by atoms with Gasteiger partial charge in [-0.2, -0.15) is 0 Å². The van der Waals surface area contributed by atoms with Crippen molar-refractivity contribution < 1.29 is 0 Å². The lowest BCUT2D eigenvalue weighted by molar-refractivity contribution is 0.786. The molecule has 0 fully saturated rings. The lowest BCUT2D eigenvalue weighted by Crippen LogP contribution is -2.17. The summed E-state index contributed by atoms with van der Waals surface area (Å²) in [6.45, 7) is 2.63. The van der Waals surface area contributed by atoms with Gasteiger partial charge in [0.1, 0.15) is 0 Å². The highest BCUT2D eigenvalue weighted by atomic mass is 79.9. The number of nitrogens with zero attached hydrogens (tertiary/aromatic N) is 1. The number of aromatic nitrogens is 2. The zero-order valence-electron chi connectivity index (χ0n) is 10.5. The van der Waals surface area contributed by atoms with Crippen molar-refractivity contribution in [1.82, 2.24) is 9.55 Å². The number of hydrogen-bond acceptors (Lipinski definition) is 1. The van der Waals surface area contributed by atoms with Crippen LogP contribution >= 0.6 is 15.9 Å². The molecule has 0 saturated heterocycles. The number of hydrogen-bond donors (Lipinski definition) is 1. The first-order valence-electron chi connectivity index (χ1n) is 6.07. The maximum absolute atomic E-state index is 12.0. The molecule has 0 atom stereocenters. The molecule has 4 heteroatoms. The molecular weight excluding hydrogens is 304 g/mol. The largest absolute Gasteiger partial charge is 0.326 e. The van der Waals surface area contributed by atoms with Crippen molar-refractivity contribution in [3.63, 3.8) is 0 Å². The summed E-state index contributed by atoms with van der Waals surface area (Å²) in [4.78, 5) is 14.9. The fourth-order valence-corrected chi connectivity index (χ4v) is 2.62. The second-order valence-corrected chi connectivity index (χ2v) is 5.58. The van der Waals surface area contributed by atoms with Crippen molar-refractivity contribution in [2.45, 2.75) is 13.5 Å². The van der Waals surface area contributed by atoms with Gasteiger partial charge in [-0.1, -0.05) is 45.8 Å². The van der Waals surface area contributed by atoms with Gasteiger partial charge in [0.25, 0.3) is 0 Å². The van der Waals surface area contributed by atoms with Gasteiger partial charge in [0.15, 0.2) is 0 Å². The molecule has 0 aliphatic rings. The molecule has 0 bridgehead atoms. The van der Waals surface area contributed by atoms with Crippen LogP contribution in [0, 0.1) is 6.92 Å². The molecular formula is C15H13BrN2O. The second kappa shape index (κ2) is 4.70. The molecule has 3 rings (SSSR count). The minimum Gasteiger partial charge on any atom is -0.306 e. The van der Waals surface area contributed by atoms with Crippen LogP contribution in [0.15, 0.2) is 51.7 Å². The molecule has 0 saturated carbocycles. The molecule has 19 heavy (non-hydrogen) atoms. The molecule has 0 amide bonds. The predicted octanol–water partition coefficient (Wildman–Crippen LogP) is 3.45. The predicted molar refractivity (Wildman–Crippen MR) is 80.5 cm³/mol. The highest BCUT2D eigenvalue weighted by Gasteiger charge is 2.07. The van der Waals surface area contributed by atoms with E-state index in [0.717, 1.165) is 21.1 Å². The molecule has 0 aliphatic carbocycles. The molecule has 1 aromatic heterocycles. The van der Waals surface area contributed by atoms with Crippen molar-refractivity contribution >= 4 is 27.0 Å². The van der Waals surface area contributed by atoms with Gasteiger partial charge in [-0.3, -0.25) is 4.57 Å². The Morgan fingerprint density at radius 3 is 2.84 bits per heavy atom. The molecule has 1 N–H and O–H groups in total. The quantitative estimate of drug-likeness (QED) is 0.772. The van der Waals surface area contributed by atoms with E-state index in [1.165, 1.54) is 5.56 Å². The first-order valence-corrected chi connectivity index (χ1v) is 6.86. The molecule has 3 nitrogen and oxygen atoms in total. The van der Waals surface area contributed by atoms with Gasteiger partial charge in [-0.15, -0.1) is 0 Å². The van der Waals surface area contributed by atoms with E-state index < -0.39 is 0 Å². The van der Waals surface area contributed by atoms with E-state index in [1.807, 2.05) is 30.3 Å². The van der Waals surface area contributed by atoms with E-state index in [0.29, 0.717) is 6.54 Å². The number of aryl methyl sites for hydroxylation is 1. The highest BCUT2D eigenvalue weighted by molar-refractivity contribution is 9.10. The Balaban J connectivity index is 2.12. The summed E-state index contributed by atoms with van der Waals surface area (Å²) >= 11 is 3.44. The Morgan fingerprint density at radius 2 is 2.05 bits per heavy atom. The highest BCUT2D eigenvalue weighted by Crippen LogP contribution is 2.18. The smallest absolute Gasteiger partial charge is 0.306 e. The molecule has 1 heterocycles. The number of halogens is 1. The van der Waals surface area contributed by atoms with E-state index in [1.54, 1.807) is 4.57 Å². The minimum atomic E-state index is -0.0744. The van der Waals surface area contributed by atoms with Gasteiger partial charge in [0.05, 0.1) is 17.6 Å². The van der Waals surface area contributed by atoms with Crippen LogP contribution < -0.4 is 5.69 Å². The van der Waals surface area contributed by atoms with Gasteiger partial charge in [0.2, 0.25) is 0 Å². The number of imidazole rings is 1. The standard InChI is InChI=1S/C15H13BrN2O/c1-10-3-2-4-11(7-10)9-18-14-8-12(16)5-6-13(14)17-15(18)19/h2-8H,9H2,1H3,(H,17,19). The van der Waals surface area contributed by atoms with Gasteiger partial charge < -0.3 is 4.98 Å². The number of benzene rings is 2. The first-order chi connectivity index (χ1) is 9.13. The number of H-pyrrole nitrogens is 1. The van der Waals surface area contributed by atoms with Gasteiger partial charge in [-0.25, -0.2) is 4.79 Å². The van der Waals surface area contributed by atoms with Crippen LogP contribution in [-0.4, -0.2) is 9.55 Å². The summed E-state index contributed by atoms with van der Waals surface area (Å²) in [6.07, 6.45) is 0. The summed E-state index contributed by atoms with van der Waals surface area (Å²) in [6, 6.07) is 14.0. The summed E-state index contributed by atoms with van der Waals surface area (Å²) in [7, 11) is 0. The average Bonchev–Trinajstić information content (AvgIpc) is 2.66. The number of aromatic amines is 1. The third-order valence-corrected chi connectivity index (χ3v) is 3.65. The Labute approximate surface area is 119 Å². The van der Waals surface area contributed by atoms with Crippen LogP contribution in [0.1, 0.15) is 11.1 Å². The Hall–Kier alpha value is -1.81. The Bertz CT molecular complexity index is 801. The fourth-order valence-electron chi connectivity index (χ4n) is 2.28. The van der Waals surface area contributed by atoms with Crippen molar-refractivity contribution in [3.8, 4) is 0 Å². The van der Waals surface area contributed by atoms with Crippen LogP contribution in [-0.2, 0) is 6.54 Å². The van der Waals surface area contributed by atoms with Crippen molar-refractivity contribution in [2.75, 3.05) is 0 Å². The summed E-state index contributed by atoms with van der Waals surface area (Å²) in [5.74, 6) is 0. The third-order valence-electron chi connectivity index (χ3n) is 3.16. The Morgan fingerprint density at radius 1 is 1.21 bits per heavy atom. The van der Waals surface area contributed by atoms with Crippen LogP contribution in [0.4, 0.5) is 0 Å².